The van der Waals surface area contributed by atoms with E-state index < -0.39 is 12.1 Å². The normalized spacial score (nSPS) is 27.4. The van der Waals surface area contributed by atoms with Crippen molar-refractivity contribution in [3.8, 4) is 0 Å². The topological polar surface area (TPSA) is 17.8 Å². The number of nitrogens with zero attached hydrogens (tertiary/aromatic N) is 2. The quantitative estimate of drug-likeness (QED) is 0.765. The van der Waals surface area contributed by atoms with Gasteiger partial charge >= 0.3 is 6.18 Å². The zero-order valence-electron chi connectivity index (χ0n) is 7.13. The molecule has 1 aliphatic rings. The first-order valence-corrected chi connectivity index (χ1v) is 5.02. The van der Waals surface area contributed by atoms with Gasteiger partial charge in [-0.2, -0.15) is 18.3 Å². The smallest absolute Gasteiger partial charge is 0.269 e. The number of hydrogen-bond acceptors (Lipinski definition) is 1. The van der Waals surface area contributed by atoms with E-state index in [1.54, 1.807) is 17.1 Å². The van der Waals surface area contributed by atoms with Crippen LogP contribution in [0.4, 0.5) is 13.2 Å². The Hall–Kier alpha value is -0.520. The second kappa shape index (κ2) is 3.25. The molecule has 1 saturated carbocycles. The van der Waals surface area contributed by atoms with E-state index in [0.717, 1.165) is 4.47 Å². The zero-order chi connectivity index (χ0) is 10.3. The summed E-state index contributed by atoms with van der Waals surface area (Å²) in [7, 11) is 0. The van der Waals surface area contributed by atoms with Crippen molar-refractivity contribution in [3.63, 3.8) is 0 Å². The van der Waals surface area contributed by atoms with Gasteiger partial charge in [-0.3, -0.25) is 4.68 Å². The molecular formula is C8H8BrF3N2. The largest absolute Gasteiger partial charge is 0.391 e. The maximum atomic E-state index is 12.2. The van der Waals surface area contributed by atoms with E-state index in [1.165, 1.54) is 0 Å². The van der Waals surface area contributed by atoms with Gasteiger partial charge < -0.3 is 0 Å². The van der Waals surface area contributed by atoms with Crippen LogP contribution >= 0.6 is 15.9 Å². The third-order valence-corrected chi connectivity index (χ3v) is 2.93. The maximum Gasteiger partial charge on any atom is 0.391 e. The molecule has 0 aromatic carbocycles. The molecule has 0 bridgehead atoms. The van der Waals surface area contributed by atoms with E-state index >= 15 is 0 Å². The summed E-state index contributed by atoms with van der Waals surface area (Å²) in [4.78, 5) is 0. The van der Waals surface area contributed by atoms with E-state index in [4.69, 9.17) is 0 Å². The van der Waals surface area contributed by atoms with E-state index in [-0.39, 0.29) is 18.9 Å². The Kier molecular flexibility index (Phi) is 2.33. The van der Waals surface area contributed by atoms with Gasteiger partial charge in [0, 0.05) is 6.20 Å². The second-order valence-corrected chi connectivity index (χ2v) is 4.42. The maximum absolute atomic E-state index is 12.2. The van der Waals surface area contributed by atoms with Crippen molar-refractivity contribution in [2.24, 2.45) is 5.92 Å². The van der Waals surface area contributed by atoms with Crippen molar-refractivity contribution in [1.82, 2.24) is 9.78 Å². The van der Waals surface area contributed by atoms with Crippen molar-refractivity contribution >= 4 is 15.9 Å². The highest BCUT2D eigenvalue weighted by molar-refractivity contribution is 9.10. The number of alkyl halides is 3. The number of rotatable bonds is 1. The fraction of sp³-hybridized carbons (Fsp3) is 0.625. The molecule has 6 heteroatoms. The van der Waals surface area contributed by atoms with Gasteiger partial charge in [-0.05, 0) is 28.8 Å². The third kappa shape index (κ3) is 1.80. The van der Waals surface area contributed by atoms with E-state index in [0.29, 0.717) is 0 Å². The van der Waals surface area contributed by atoms with Gasteiger partial charge in [-0.25, -0.2) is 0 Å². The minimum Gasteiger partial charge on any atom is -0.269 e. The van der Waals surface area contributed by atoms with Crippen molar-refractivity contribution in [2.75, 3.05) is 0 Å². The fourth-order valence-electron chi connectivity index (χ4n) is 1.59. The summed E-state index contributed by atoms with van der Waals surface area (Å²) in [5.41, 5.74) is 0. The lowest BCUT2D eigenvalue weighted by Gasteiger charge is -2.36. The molecule has 0 amide bonds. The monoisotopic (exact) mass is 268 g/mol. The van der Waals surface area contributed by atoms with Crippen LogP contribution < -0.4 is 0 Å². The Balaban J connectivity index is 1.95. The highest BCUT2D eigenvalue weighted by Crippen LogP contribution is 2.46. The van der Waals surface area contributed by atoms with E-state index in [2.05, 4.69) is 21.0 Å². The Morgan fingerprint density at radius 3 is 2.50 bits per heavy atom. The molecule has 0 unspecified atom stereocenters. The molecule has 0 aliphatic heterocycles. The molecule has 0 spiro atoms. The highest BCUT2D eigenvalue weighted by atomic mass is 79.9. The van der Waals surface area contributed by atoms with Crippen LogP contribution in [0.1, 0.15) is 18.9 Å². The molecule has 78 valence electrons. The van der Waals surface area contributed by atoms with Gasteiger partial charge in [0.2, 0.25) is 0 Å². The van der Waals surface area contributed by atoms with Gasteiger partial charge in [0.15, 0.2) is 0 Å². The molecule has 1 aromatic heterocycles. The average Bonchev–Trinajstić information content (AvgIpc) is 2.28. The van der Waals surface area contributed by atoms with Crippen LogP contribution in [0.3, 0.4) is 0 Å². The average molecular weight is 269 g/mol. The lowest BCUT2D eigenvalue weighted by atomic mass is 9.80. The molecule has 1 aliphatic carbocycles. The Bertz CT molecular complexity index is 328. The summed E-state index contributed by atoms with van der Waals surface area (Å²) in [6, 6.07) is -0.0899. The van der Waals surface area contributed by atoms with Crippen LogP contribution in [0.15, 0.2) is 16.9 Å². The SMILES string of the molecule is FC(F)(F)C1CC(n2cc(Br)cn2)C1. The van der Waals surface area contributed by atoms with Gasteiger partial charge in [-0.1, -0.05) is 0 Å². The van der Waals surface area contributed by atoms with Gasteiger partial charge in [-0.15, -0.1) is 0 Å². The molecule has 0 N–H and O–H groups in total. The van der Waals surface area contributed by atoms with Gasteiger partial charge in [0.05, 0.1) is 22.6 Å². The Morgan fingerprint density at radius 2 is 2.07 bits per heavy atom. The van der Waals surface area contributed by atoms with Crippen LogP contribution in [0.25, 0.3) is 0 Å². The first kappa shape index (κ1) is 10.0. The van der Waals surface area contributed by atoms with Crippen molar-refractivity contribution in [1.29, 1.82) is 0 Å². The van der Waals surface area contributed by atoms with Crippen molar-refractivity contribution < 1.29 is 13.2 Å². The van der Waals surface area contributed by atoms with Crippen LogP contribution in [0.5, 0.6) is 0 Å². The molecule has 1 aromatic rings. The highest BCUT2D eigenvalue weighted by Gasteiger charge is 2.48. The van der Waals surface area contributed by atoms with Crippen molar-refractivity contribution in [2.45, 2.75) is 25.1 Å². The fourth-order valence-corrected chi connectivity index (χ4v) is 1.89. The molecule has 2 nitrogen and oxygen atoms in total. The van der Waals surface area contributed by atoms with Crippen LogP contribution in [-0.2, 0) is 0 Å². The standard InChI is InChI=1S/C8H8BrF3N2/c9-6-3-13-14(4-6)7-1-5(2-7)8(10,11)12/h3-5,7H,1-2H2. The van der Waals surface area contributed by atoms with Crippen LogP contribution in [0.2, 0.25) is 0 Å². The number of halogens is 4. The Morgan fingerprint density at radius 1 is 1.43 bits per heavy atom. The first-order valence-electron chi connectivity index (χ1n) is 4.23. The minimum absolute atomic E-state index is 0.0899. The molecule has 1 fully saturated rings. The molecule has 1 heterocycles. The lowest BCUT2D eigenvalue weighted by molar-refractivity contribution is -0.203. The van der Waals surface area contributed by atoms with E-state index in [1.807, 2.05) is 0 Å². The second-order valence-electron chi connectivity index (χ2n) is 3.50. The predicted molar refractivity (Wildman–Crippen MR) is 47.7 cm³/mol. The predicted octanol–water partition coefficient (Wildman–Crippen LogP) is 3.16. The van der Waals surface area contributed by atoms with Crippen LogP contribution in [-0.4, -0.2) is 16.0 Å². The molecule has 0 saturated heterocycles. The Labute approximate surface area is 87.2 Å². The zero-order valence-corrected chi connectivity index (χ0v) is 8.72. The summed E-state index contributed by atoms with van der Waals surface area (Å²) in [5.74, 6) is -1.14. The summed E-state index contributed by atoms with van der Waals surface area (Å²) in [5, 5.41) is 3.96. The molecule has 14 heavy (non-hydrogen) atoms. The first-order chi connectivity index (χ1) is 6.47. The summed E-state index contributed by atoms with van der Waals surface area (Å²) in [6.07, 6.45) is -0.450. The molecule has 0 radical (unpaired) electrons. The molecular weight excluding hydrogens is 261 g/mol. The molecule has 2 rings (SSSR count). The van der Waals surface area contributed by atoms with Gasteiger partial charge in [0.25, 0.3) is 0 Å². The summed E-state index contributed by atoms with van der Waals surface area (Å²) >= 11 is 3.20. The lowest BCUT2D eigenvalue weighted by Crippen LogP contribution is -2.37. The number of hydrogen-bond donors (Lipinski definition) is 0. The van der Waals surface area contributed by atoms with Gasteiger partial charge in [0.1, 0.15) is 0 Å². The number of aromatic nitrogens is 2. The summed E-state index contributed by atoms with van der Waals surface area (Å²) < 4.78 is 38.9. The summed E-state index contributed by atoms with van der Waals surface area (Å²) in [6.45, 7) is 0. The van der Waals surface area contributed by atoms with E-state index in [9.17, 15) is 13.2 Å². The molecule has 0 atom stereocenters. The minimum atomic E-state index is -4.04. The van der Waals surface area contributed by atoms with Crippen molar-refractivity contribution in [3.05, 3.63) is 16.9 Å². The third-order valence-electron chi connectivity index (χ3n) is 2.52. The van der Waals surface area contributed by atoms with Crippen LogP contribution in [0, 0.1) is 5.92 Å².